The topological polar surface area (TPSA) is 243 Å². The van der Waals surface area contributed by atoms with Gasteiger partial charge in [0.05, 0.1) is 67.1 Å². The Balaban J connectivity index is 0.773. The van der Waals surface area contributed by atoms with Gasteiger partial charge in [0.2, 0.25) is 0 Å². The normalized spacial score (nSPS) is 49.1. The average molecular weight is 1200 g/mol. The highest BCUT2D eigenvalue weighted by Gasteiger charge is 2.77. The van der Waals surface area contributed by atoms with Gasteiger partial charge in [0.15, 0.2) is 31.5 Å². The number of carbonyl (C=O) groups is 2. The van der Waals surface area contributed by atoms with Crippen LogP contribution in [0.5, 0.6) is 0 Å². The number of hydrogen-bond acceptors (Lipinski definition) is 21. The van der Waals surface area contributed by atoms with E-state index in [0.717, 1.165) is 11.1 Å². The van der Waals surface area contributed by atoms with E-state index >= 15 is 0 Å². The summed E-state index contributed by atoms with van der Waals surface area (Å²) in [6.07, 6.45) is -2.42. The highest BCUT2D eigenvalue weighted by Crippen LogP contribution is 2.70. The van der Waals surface area contributed by atoms with Crippen molar-refractivity contribution in [3.63, 3.8) is 0 Å². The lowest BCUT2D eigenvalue weighted by Crippen LogP contribution is -2.75. The summed E-state index contributed by atoms with van der Waals surface area (Å²) in [5.41, 5.74) is -2.91. The Morgan fingerprint density at radius 1 is 0.595 bits per heavy atom. The minimum atomic E-state index is -1.67. The molecule has 0 radical (unpaired) electrons. The lowest BCUT2D eigenvalue weighted by atomic mass is 9.43. The minimum absolute atomic E-state index is 0.0769. The smallest absolute Gasteiger partial charge is 0.330 e. The first kappa shape index (κ1) is 66.3. The van der Waals surface area contributed by atoms with E-state index in [9.17, 15) is 24.9 Å². The highest BCUT2D eigenvalue weighted by atomic mass is 16.8. The molecule has 5 saturated heterocycles. The van der Waals surface area contributed by atoms with Crippen LogP contribution in [0, 0.1) is 28.6 Å². The van der Waals surface area contributed by atoms with E-state index in [4.69, 9.17) is 75.8 Å². The quantitative estimate of drug-likeness (QED) is 0.0706. The number of methoxy groups -OCH3 is 5. The Labute approximate surface area is 497 Å². The second kappa shape index (κ2) is 26.8. The van der Waals surface area contributed by atoms with Crippen molar-refractivity contribution in [2.75, 3.05) is 35.5 Å². The number of aliphatic hydroxyl groups excluding tert-OH is 1. The summed E-state index contributed by atoms with van der Waals surface area (Å²) in [5, 5.41) is 36.4. The lowest BCUT2D eigenvalue weighted by molar-refractivity contribution is -0.352. The zero-order valence-electron chi connectivity index (χ0n) is 52.8. The van der Waals surface area contributed by atoms with Gasteiger partial charge in [-0.2, -0.15) is 0 Å². The summed E-state index contributed by atoms with van der Waals surface area (Å²) in [6, 6.07) is 0. The molecule has 0 aromatic heterocycles. The van der Waals surface area contributed by atoms with Gasteiger partial charge in [-0.05, 0) is 105 Å². The Kier molecular flexibility index (Phi) is 21.1. The van der Waals surface area contributed by atoms with Gasteiger partial charge < -0.3 is 91.1 Å². The molecule has 9 rings (SSSR count). The van der Waals surface area contributed by atoms with Crippen molar-refractivity contribution in [3.05, 3.63) is 23.3 Å². The number of esters is 1. The van der Waals surface area contributed by atoms with Crippen molar-refractivity contribution in [2.45, 2.75) is 300 Å². The van der Waals surface area contributed by atoms with Crippen LogP contribution in [-0.2, 0) is 85.4 Å². The summed E-state index contributed by atoms with van der Waals surface area (Å²) in [7, 11) is 8.17. The van der Waals surface area contributed by atoms with Crippen LogP contribution in [0.1, 0.15) is 153 Å². The molecule has 0 aromatic rings. The third-order valence-electron chi connectivity index (χ3n) is 21.6. The molecule has 0 amide bonds. The van der Waals surface area contributed by atoms with E-state index in [1.165, 1.54) is 13.0 Å². The molecular formula is C63H102O21. The SMILES string of the molecule is CO[C@H]1C[C@H](O[C@@H]2[C@@H](C)O[C@@H](O[C@@H]3[C@@H](C)O[C@@H](O[C@H]4[C@@H](OC)C[C@H](O[C@H]5[C@@H](OC)C[C@H](O[C@H]6CC[C@@]7(C)C(=CC[C@]8(O)[C@@H]7C[C@@H](OC(=O)/C=C(\C)C(C)C)[C@]7(C)[C@H](C(C)=O)CC[C@@]78O)C6)O[C@@H]5C)O[C@@H]4C)C[C@H]3OC)C[C@H]2OC)O[C@H](C)[C@H]1O. The molecule has 480 valence electrons. The van der Waals surface area contributed by atoms with Crippen molar-refractivity contribution in [1.82, 2.24) is 0 Å². The van der Waals surface area contributed by atoms with Gasteiger partial charge in [-0.3, -0.25) is 4.79 Å². The van der Waals surface area contributed by atoms with Crippen LogP contribution in [-0.4, -0.2) is 209 Å². The molecule has 3 saturated carbocycles. The Hall–Kier alpha value is -2.10. The number of allylic oxidation sites excluding steroid dienone is 1. The van der Waals surface area contributed by atoms with Crippen molar-refractivity contribution in [3.8, 4) is 0 Å². The second-order valence-electron chi connectivity index (χ2n) is 26.7. The molecule has 4 aliphatic carbocycles. The Morgan fingerprint density at radius 2 is 1.01 bits per heavy atom. The van der Waals surface area contributed by atoms with E-state index in [-0.39, 0.29) is 42.9 Å². The number of ether oxygens (including phenoxy) is 16. The third-order valence-corrected chi connectivity index (χ3v) is 21.6. The number of Topliss-reactive ketones (excluding diaryl/α,β-unsaturated/α-hetero) is 1. The maximum Gasteiger partial charge on any atom is 0.330 e. The van der Waals surface area contributed by atoms with E-state index in [1.807, 2.05) is 55.4 Å². The van der Waals surface area contributed by atoms with Crippen LogP contribution < -0.4 is 0 Å². The first-order chi connectivity index (χ1) is 39.7. The predicted molar refractivity (Wildman–Crippen MR) is 302 cm³/mol. The zero-order chi connectivity index (χ0) is 61.0. The maximum atomic E-state index is 13.6. The molecule has 0 unspecified atom stereocenters. The predicted octanol–water partition coefficient (Wildman–Crippen LogP) is 6.54. The van der Waals surface area contributed by atoms with E-state index in [0.29, 0.717) is 64.2 Å². The molecule has 5 aliphatic heterocycles. The summed E-state index contributed by atoms with van der Waals surface area (Å²) in [6.45, 7) is 21.0. The van der Waals surface area contributed by atoms with Gasteiger partial charge in [-0.25, -0.2) is 4.79 Å². The van der Waals surface area contributed by atoms with Gasteiger partial charge >= 0.3 is 5.97 Å². The number of ketones is 1. The van der Waals surface area contributed by atoms with Crippen molar-refractivity contribution in [1.29, 1.82) is 0 Å². The van der Waals surface area contributed by atoms with Crippen LogP contribution >= 0.6 is 0 Å². The average Bonchev–Trinajstić information content (AvgIpc) is 1.32. The molecule has 0 bridgehead atoms. The maximum absolute atomic E-state index is 13.6. The monoisotopic (exact) mass is 1190 g/mol. The molecule has 0 aromatic carbocycles. The molecule has 21 heteroatoms. The number of rotatable bonds is 19. The van der Waals surface area contributed by atoms with Crippen molar-refractivity contribution >= 4 is 11.8 Å². The summed E-state index contributed by atoms with van der Waals surface area (Å²) < 4.78 is 101. The van der Waals surface area contributed by atoms with Crippen LogP contribution in [0.2, 0.25) is 0 Å². The van der Waals surface area contributed by atoms with Gasteiger partial charge in [0.1, 0.15) is 53.6 Å². The molecule has 3 N–H and O–H groups in total. The van der Waals surface area contributed by atoms with Crippen molar-refractivity contribution in [2.24, 2.45) is 28.6 Å². The third kappa shape index (κ3) is 12.7. The number of hydrogen-bond donors (Lipinski definition) is 3. The molecule has 8 fully saturated rings. The van der Waals surface area contributed by atoms with Crippen LogP contribution in [0.15, 0.2) is 23.3 Å². The number of aliphatic hydroxyl groups is 3. The van der Waals surface area contributed by atoms with Gasteiger partial charge in [-0.1, -0.05) is 44.9 Å². The molecule has 5 heterocycles. The van der Waals surface area contributed by atoms with Gasteiger partial charge in [-0.15, -0.1) is 0 Å². The second-order valence-corrected chi connectivity index (χ2v) is 26.7. The fourth-order valence-corrected chi connectivity index (χ4v) is 16.4. The van der Waals surface area contributed by atoms with Crippen LogP contribution in [0.4, 0.5) is 0 Å². The van der Waals surface area contributed by atoms with E-state index in [2.05, 4.69) is 13.0 Å². The first-order valence-corrected chi connectivity index (χ1v) is 31.2. The zero-order valence-corrected chi connectivity index (χ0v) is 52.8. The molecule has 21 nitrogen and oxygen atoms in total. The fraction of sp³-hybridized carbons (Fsp3) is 0.905. The summed E-state index contributed by atoms with van der Waals surface area (Å²) in [4.78, 5) is 26.9. The van der Waals surface area contributed by atoms with E-state index in [1.54, 1.807) is 42.5 Å². The molecule has 0 spiro atoms. The molecule has 84 heavy (non-hydrogen) atoms. The standard InChI is InChI=1S/C63H102O21/c1-31(2)32(3)23-49(65)80-48-30-47-60(10)20-18-40(24-39(60)17-21-62(47,67)63(68)22-19-41(33(4)64)61(48,63)11)79-50-26-43(70-13)56(35(6)75-50)82-52-28-45(72-15)58(37(8)77-52)84-54-29-46(73-16)59(38(9)78-54)83-53-27-44(71-14)57(36(7)76-53)81-51-25-42(69-12)55(66)34(5)74-51/h17,23,31,34-38,40-48,50-59,66-68H,18-22,24-30H2,1-16H3/b32-23+/t34-,35-,36-,37-,38-,40+,41+,42+,43+,44-,45+,46-,47-,48-,50+,51+,52+,53+,54+,55-,56-,57-,58-,59-,60+,61+,62+,63-/m1/s1. The van der Waals surface area contributed by atoms with Crippen molar-refractivity contribution < 1.29 is 101 Å². The first-order valence-electron chi connectivity index (χ1n) is 31.2. The highest BCUT2D eigenvalue weighted by molar-refractivity contribution is 5.83. The van der Waals surface area contributed by atoms with E-state index < -0.39 is 157 Å². The van der Waals surface area contributed by atoms with Crippen LogP contribution in [0.25, 0.3) is 0 Å². The largest absolute Gasteiger partial charge is 0.458 e. The molecular weight excluding hydrogens is 1090 g/mol. The Bertz CT molecular complexity index is 2300. The summed E-state index contributed by atoms with van der Waals surface area (Å²) >= 11 is 0. The fourth-order valence-electron chi connectivity index (χ4n) is 16.4. The molecule has 28 atom stereocenters. The molecule has 9 aliphatic rings. The minimum Gasteiger partial charge on any atom is -0.458 e. The number of carbonyl (C=O) groups excluding carboxylic acids is 2. The Morgan fingerprint density at radius 3 is 1.43 bits per heavy atom. The van der Waals surface area contributed by atoms with Gasteiger partial charge in [0, 0.05) is 91.0 Å². The lowest BCUT2D eigenvalue weighted by Gasteiger charge is -2.66. The van der Waals surface area contributed by atoms with Gasteiger partial charge in [0.25, 0.3) is 0 Å². The summed E-state index contributed by atoms with van der Waals surface area (Å²) in [5.74, 6) is -1.45. The number of fused-ring (bicyclic) bond motifs is 5. The van der Waals surface area contributed by atoms with Crippen LogP contribution in [0.3, 0.4) is 0 Å².